The summed E-state index contributed by atoms with van der Waals surface area (Å²) in [7, 11) is 0. The maximum absolute atomic E-state index is 6.52. The van der Waals surface area contributed by atoms with E-state index in [4.69, 9.17) is 9.41 Å². The zero-order valence-electron chi connectivity index (χ0n) is 26.5. The van der Waals surface area contributed by atoms with E-state index in [2.05, 4.69) is 147 Å². The number of nitrogens with zero attached hydrogens (tertiary/aromatic N) is 1. The highest BCUT2D eigenvalue weighted by Gasteiger charge is 2.41. The molecule has 0 radical (unpaired) electrons. The topological polar surface area (TPSA) is 25.5 Å². The molecule has 2 aliphatic carbocycles. The predicted octanol–water partition coefficient (Wildman–Crippen LogP) is 11.5. The smallest absolute Gasteiger partial charge is 0.140 e. The standard InChI is InChI=1S/C45H33NO/c1-45(2)39-27-33(21-23-35(39)37-24-25-38-36-15-9-10-16-42(36)47-44(38)43(37)45)30-17-19-32(20-18-30)40-26-22-34(29-11-5-3-6-12-29)28-41(46-40)31-13-7-4-8-14-31/h3-25,28,33H,27H2,1-2H3. The lowest BCUT2D eigenvalue weighted by Crippen LogP contribution is -2.20. The molecule has 0 spiro atoms. The quantitative estimate of drug-likeness (QED) is 0.184. The number of para-hydroxylation sites is 1. The van der Waals surface area contributed by atoms with Gasteiger partial charge in [-0.05, 0) is 58.5 Å². The minimum atomic E-state index is -0.122. The first-order valence-corrected chi connectivity index (χ1v) is 16.4. The second-order valence-electron chi connectivity index (χ2n) is 13.2. The van der Waals surface area contributed by atoms with E-state index in [1.54, 1.807) is 0 Å². The third kappa shape index (κ3) is 4.53. The lowest BCUT2D eigenvalue weighted by atomic mass is 9.74. The highest BCUT2D eigenvalue weighted by Crippen LogP contribution is 2.55. The summed E-state index contributed by atoms with van der Waals surface area (Å²) in [6, 6.07) is 42.7. The Hall–Kier alpha value is -5.69. The van der Waals surface area contributed by atoms with Gasteiger partial charge in [0.25, 0.3) is 0 Å². The lowest BCUT2D eigenvalue weighted by Gasteiger charge is -2.29. The zero-order valence-corrected chi connectivity index (χ0v) is 26.5. The van der Waals surface area contributed by atoms with Crippen LogP contribution in [0.15, 0.2) is 166 Å². The van der Waals surface area contributed by atoms with Crippen molar-refractivity contribution in [1.82, 2.24) is 0 Å². The maximum Gasteiger partial charge on any atom is 0.140 e. The van der Waals surface area contributed by atoms with Gasteiger partial charge in [-0.25, -0.2) is 4.99 Å². The third-order valence-corrected chi connectivity index (χ3v) is 10.1. The first kappa shape index (κ1) is 27.6. The van der Waals surface area contributed by atoms with Crippen LogP contribution in [0.3, 0.4) is 0 Å². The Bertz CT molecular complexity index is 2410. The van der Waals surface area contributed by atoms with Crippen LogP contribution in [-0.2, 0) is 5.41 Å². The second-order valence-corrected chi connectivity index (χ2v) is 13.2. The summed E-state index contributed by atoms with van der Waals surface area (Å²) in [6.45, 7) is 4.73. The summed E-state index contributed by atoms with van der Waals surface area (Å²) in [6.07, 6.45) is 9.95. The summed E-state index contributed by atoms with van der Waals surface area (Å²) < 4.78 is 6.52. The van der Waals surface area contributed by atoms with Crippen molar-refractivity contribution in [2.75, 3.05) is 0 Å². The maximum atomic E-state index is 6.52. The Labute approximate surface area is 275 Å². The molecule has 2 heterocycles. The first-order chi connectivity index (χ1) is 23.0. The number of aliphatic imine (C=N–C) groups is 1. The predicted molar refractivity (Wildman–Crippen MR) is 195 cm³/mol. The van der Waals surface area contributed by atoms with E-state index in [0.29, 0.717) is 5.92 Å². The van der Waals surface area contributed by atoms with Gasteiger partial charge >= 0.3 is 0 Å². The fraction of sp³-hybridized carbons (Fsp3) is 0.111. The van der Waals surface area contributed by atoms with E-state index >= 15 is 0 Å². The van der Waals surface area contributed by atoms with Crippen LogP contribution in [0.2, 0.25) is 0 Å². The monoisotopic (exact) mass is 603 g/mol. The van der Waals surface area contributed by atoms with E-state index in [1.807, 2.05) is 18.2 Å². The molecular weight excluding hydrogens is 571 g/mol. The Balaban J connectivity index is 1.03. The summed E-state index contributed by atoms with van der Waals surface area (Å²) in [5, 5.41) is 2.39. The molecule has 0 saturated heterocycles. The van der Waals surface area contributed by atoms with Crippen molar-refractivity contribution >= 4 is 44.5 Å². The Kier molecular flexibility index (Phi) is 6.28. The second kappa shape index (κ2) is 10.7. The van der Waals surface area contributed by atoms with E-state index in [0.717, 1.165) is 51.3 Å². The van der Waals surface area contributed by atoms with Gasteiger partial charge in [-0.3, -0.25) is 0 Å². The first-order valence-electron chi connectivity index (χ1n) is 16.4. The van der Waals surface area contributed by atoms with Crippen LogP contribution in [0.1, 0.15) is 59.6 Å². The number of allylic oxidation sites excluding steroid dienone is 7. The lowest BCUT2D eigenvalue weighted by molar-refractivity contribution is 0.576. The molecule has 6 aromatic rings. The van der Waals surface area contributed by atoms with Crippen molar-refractivity contribution in [1.29, 1.82) is 0 Å². The van der Waals surface area contributed by atoms with Crippen LogP contribution >= 0.6 is 0 Å². The van der Waals surface area contributed by atoms with Crippen molar-refractivity contribution in [2.45, 2.75) is 31.6 Å². The van der Waals surface area contributed by atoms with Gasteiger partial charge in [0.15, 0.2) is 0 Å². The van der Waals surface area contributed by atoms with Crippen LogP contribution in [0.25, 0.3) is 38.8 Å². The average molecular weight is 604 g/mol. The van der Waals surface area contributed by atoms with Crippen LogP contribution in [0.5, 0.6) is 0 Å². The summed E-state index contributed by atoms with van der Waals surface area (Å²) >= 11 is 0. The molecule has 0 N–H and O–H groups in total. The van der Waals surface area contributed by atoms with Gasteiger partial charge in [-0.15, -0.1) is 0 Å². The zero-order chi connectivity index (χ0) is 31.5. The van der Waals surface area contributed by atoms with Crippen LogP contribution in [-0.4, -0.2) is 5.71 Å². The molecule has 1 atom stereocenters. The fourth-order valence-corrected chi connectivity index (χ4v) is 7.68. The molecule has 2 nitrogen and oxygen atoms in total. The van der Waals surface area contributed by atoms with Gasteiger partial charge in [0.2, 0.25) is 0 Å². The molecule has 1 unspecified atom stereocenters. The highest BCUT2D eigenvalue weighted by atomic mass is 16.3. The number of fused-ring (bicyclic) bond motifs is 6. The summed E-state index contributed by atoms with van der Waals surface area (Å²) in [4.78, 5) is 5.14. The SMILES string of the molecule is CC1(C)C2=C(C=CC(c3ccc(C4=C=CC(c5ccccc5)=CC(c5ccccc5)=N4)cc3)C2)c2ccc3c(oc4ccccc43)c21. The molecule has 0 saturated carbocycles. The average Bonchev–Trinajstić information content (AvgIpc) is 3.49. The highest BCUT2D eigenvalue weighted by molar-refractivity contribution is 6.15. The number of hydrogen-bond donors (Lipinski definition) is 0. The van der Waals surface area contributed by atoms with Crippen molar-refractivity contribution < 1.29 is 4.42 Å². The van der Waals surface area contributed by atoms with Crippen molar-refractivity contribution in [2.24, 2.45) is 4.99 Å². The Morgan fingerprint density at radius 3 is 2.23 bits per heavy atom. The van der Waals surface area contributed by atoms with Crippen molar-refractivity contribution in [3.8, 4) is 0 Å². The van der Waals surface area contributed by atoms with E-state index < -0.39 is 0 Å². The summed E-state index contributed by atoms with van der Waals surface area (Å²) in [5.41, 5.74) is 18.3. The molecule has 0 amide bonds. The largest absolute Gasteiger partial charge is 0.456 e. The molecule has 224 valence electrons. The molecule has 9 rings (SSSR count). The van der Waals surface area contributed by atoms with Gasteiger partial charge in [0.05, 0.1) is 5.71 Å². The van der Waals surface area contributed by atoms with Gasteiger partial charge < -0.3 is 4.42 Å². The van der Waals surface area contributed by atoms with Crippen LogP contribution < -0.4 is 0 Å². The fourth-order valence-electron chi connectivity index (χ4n) is 7.68. The molecular formula is C45H33NO. The van der Waals surface area contributed by atoms with Crippen LogP contribution in [0, 0.1) is 0 Å². The van der Waals surface area contributed by atoms with Gasteiger partial charge in [0.1, 0.15) is 16.9 Å². The minimum Gasteiger partial charge on any atom is -0.456 e. The molecule has 3 aliphatic rings. The summed E-state index contributed by atoms with van der Waals surface area (Å²) in [5.74, 6) is 0.302. The van der Waals surface area contributed by atoms with Crippen LogP contribution in [0.4, 0.5) is 0 Å². The van der Waals surface area contributed by atoms with E-state index in [-0.39, 0.29) is 5.41 Å². The van der Waals surface area contributed by atoms with E-state index in [1.165, 1.54) is 38.6 Å². The Morgan fingerprint density at radius 1 is 0.723 bits per heavy atom. The van der Waals surface area contributed by atoms with Crippen molar-refractivity contribution in [3.63, 3.8) is 0 Å². The van der Waals surface area contributed by atoms with Crippen molar-refractivity contribution in [3.05, 3.63) is 190 Å². The van der Waals surface area contributed by atoms with Gasteiger partial charge in [-0.1, -0.05) is 146 Å². The molecule has 0 bridgehead atoms. The Morgan fingerprint density at radius 2 is 1.45 bits per heavy atom. The van der Waals surface area contributed by atoms with E-state index in [9.17, 15) is 0 Å². The molecule has 2 heteroatoms. The third-order valence-electron chi connectivity index (χ3n) is 10.1. The molecule has 5 aromatic carbocycles. The van der Waals surface area contributed by atoms with Gasteiger partial charge in [0, 0.05) is 38.8 Å². The molecule has 1 aromatic heterocycles. The normalized spacial score (nSPS) is 18.1. The molecule has 47 heavy (non-hydrogen) atoms. The number of furan rings is 1. The molecule has 1 aliphatic heterocycles. The molecule has 0 fully saturated rings. The minimum absolute atomic E-state index is 0.122. The number of hydrogen-bond acceptors (Lipinski definition) is 2. The number of benzene rings is 5. The number of rotatable bonds is 4. The van der Waals surface area contributed by atoms with Gasteiger partial charge in [-0.2, -0.15) is 0 Å².